The second kappa shape index (κ2) is 9.42. The van der Waals surface area contributed by atoms with E-state index in [1.54, 1.807) is 42.1 Å². The van der Waals surface area contributed by atoms with Gasteiger partial charge in [-0.15, -0.1) is 10.2 Å². The minimum atomic E-state index is -0.440. The van der Waals surface area contributed by atoms with E-state index in [1.165, 1.54) is 11.8 Å². The Bertz CT molecular complexity index is 1280. The molecule has 0 fully saturated rings. The fourth-order valence-electron chi connectivity index (χ4n) is 3.20. The van der Waals surface area contributed by atoms with Crippen LogP contribution in [0, 0.1) is 6.92 Å². The standard InChI is InChI=1S/C23H20ClN5O2S/c1-15-5-3-6-18(13-15)29-21(16-8-10-17(24)11-9-16)26-27-23(29)32-14-20(30)25-22(31)19-7-4-12-28(19)2/h3-13H,14H2,1-2H3,(H,25,30,31). The van der Waals surface area contributed by atoms with Gasteiger partial charge in [-0.3, -0.25) is 19.5 Å². The lowest BCUT2D eigenvalue weighted by Crippen LogP contribution is -2.33. The van der Waals surface area contributed by atoms with E-state index in [-0.39, 0.29) is 5.75 Å². The van der Waals surface area contributed by atoms with Gasteiger partial charge in [0.25, 0.3) is 5.91 Å². The zero-order chi connectivity index (χ0) is 22.7. The third-order valence-electron chi connectivity index (χ3n) is 4.76. The summed E-state index contributed by atoms with van der Waals surface area (Å²) < 4.78 is 3.55. The molecule has 4 rings (SSSR count). The molecule has 0 spiro atoms. The Morgan fingerprint density at radius 1 is 1.06 bits per heavy atom. The summed E-state index contributed by atoms with van der Waals surface area (Å²) in [6.07, 6.45) is 1.75. The summed E-state index contributed by atoms with van der Waals surface area (Å²) in [6.45, 7) is 2.01. The van der Waals surface area contributed by atoms with E-state index in [9.17, 15) is 9.59 Å². The van der Waals surface area contributed by atoms with Gasteiger partial charge in [-0.05, 0) is 61.0 Å². The molecule has 1 N–H and O–H groups in total. The number of amides is 2. The van der Waals surface area contributed by atoms with Crippen LogP contribution in [0.3, 0.4) is 0 Å². The van der Waals surface area contributed by atoms with Crippen LogP contribution in [0.5, 0.6) is 0 Å². The predicted octanol–water partition coefficient (Wildman–Crippen LogP) is 4.28. The Kier molecular flexibility index (Phi) is 6.43. The lowest BCUT2D eigenvalue weighted by molar-refractivity contribution is -0.117. The lowest BCUT2D eigenvalue weighted by Gasteiger charge is -2.11. The molecular formula is C23H20ClN5O2S. The van der Waals surface area contributed by atoms with Crippen LogP contribution in [0.1, 0.15) is 16.1 Å². The average molecular weight is 466 g/mol. The molecule has 0 saturated carbocycles. The molecule has 4 aromatic rings. The van der Waals surface area contributed by atoms with Crippen molar-refractivity contribution in [2.75, 3.05) is 5.75 Å². The van der Waals surface area contributed by atoms with Crippen molar-refractivity contribution in [3.8, 4) is 17.1 Å². The third kappa shape index (κ3) is 4.76. The van der Waals surface area contributed by atoms with E-state index in [1.807, 2.05) is 47.9 Å². The van der Waals surface area contributed by atoms with E-state index in [0.29, 0.717) is 21.7 Å². The first kappa shape index (κ1) is 21.9. The number of nitrogens with one attached hydrogen (secondary N) is 1. The summed E-state index contributed by atoms with van der Waals surface area (Å²) in [5, 5.41) is 12.3. The maximum Gasteiger partial charge on any atom is 0.274 e. The van der Waals surface area contributed by atoms with Crippen molar-refractivity contribution in [1.82, 2.24) is 24.6 Å². The molecule has 7 nitrogen and oxygen atoms in total. The fraction of sp³-hybridized carbons (Fsp3) is 0.130. The summed E-state index contributed by atoms with van der Waals surface area (Å²) in [7, 11) is 1.75. The lowest BCUT2D eigenvalue weighted by atomic mass is 10.2. The van der Waals surface area contributed by atoms with Crippen LogP contribution in [0.4, 0.5) is 0 Å². The van der Waals surface area contributed by atoms with Gasteiger partial charge in [0.05, 0.1) is 5.75 Å². The Morgan fingerprint density at radius 2 is 1.84 bits per heavy atom. The number of halogens is 1. The Hall–Kier alpha value is -3.36. The molecule has 0 radical (unpaired) electrons. The highest BCUT2D eigenvalue weighted by molar-refractivity contribution is 7.99. The largest absolute Gasteiger partial charge is 0.347 e. The van der Waals surface area contributed by atoms with Gasteiger partial charge in [0, 0.05) is 29.5 Å². The Morgan fingerprint density at radius 3 is 2.53 bits per heavy atom. The van der Waals surface area contributed by atoms with Gasteiger partial charge in [-0.1, -0.05) is 35.5 Å². The van der Waals surface area contributed by atoms with Crippen molar-refractivity contribution < 1.29 is 9.59 Å². The number of carbonyl (C=O) groups excluding carboxylic acids is 2. The monoisotopic (exact) mass is 465 g/mol. The van der Waals surface area contributed by atoms with Gasteiger partial charge >= 0.3 is 0 Å². The minimum absolute atomic E-state index is 0.0146. The molecule has 0 aliphatic carbocycles. The summed E-state index contributed by atoms with van der Waals surface area (Å²) in [6, 6.07) is 18.7. The molecule has 0 aliphatic heterocycles. The molecule has 2 heterocycles. The van der Waals surface area contributed by atoms with E-state index in [0.717, 1.165) is 16.8 Å². The smallest absolute Gasteiger partial charge is 0.274 e. The molecule has 32 heavy (non-hydrogen) atoms. The summed E-state index contributed by atoms with van der Waals surface area (Å²) in [5.74, 6) is -0.200. The highest BCUT2D eigenvalue weighted by atomic mass is 35.5. The van der Waals surface area contributed by atoms with Crippen molar-refractivity contribution in [2.45, 2.75) is 12.1 Å². The highest BCUT2D eigenvalue weighted by Gasteiger charge is 2.19. The van der Waals surface area contributed by atoms with Gasteiger partial charge in [0.15, 0.2) is 11.0 Å². The number of rotatable bonds is 6. The number of nitrogens with zero attached hydrogens (tertiary/aromatic N) is 4. The van der Waals surface area contributed by atoms with Crippen molar-refractivity contribution in [1.29, 1.82) is 0 Å². The molecule has 0 saturated heterocycles. The normalized spacial score (nSPS) is 10.8. The first-order chi connectivity index (χ1) is 15.4. The second-order valence-corrected chi connectivity index (χ2v) is 8.54. The fourth-order valence-corrected chi connectivity index (χ4v) is 4.08. The van der Waals surface area contributed by atoms with Crippen LogP contribution in [0.2, 0.25) is 5.02 Å². The summed E-state index contributed by atoms with van der Waals surface area (Å²) in [4.78, 5) is 24.7. The maximum absolute atomic E-state index is 12.4. The first-order valence-corrected chi connectivity index (χ1v) is 11.2. The predicted molar refractivity (Wildman–Crippen MR) is 125 cm³/mol. The van der Waals surface area contributed by atoms with Crippen LogP contribution in [-0.4, -0.2) is 36.9 Å². The summed E-state index contributed by atoms with van der Waals surface area (Å²) >= 11 is 7.24. The zero-order valence-corrected chi connectivity index (χ0v) is 19.0. The molecular weight excluding hydrogens is 446 g/mol. The molecule has 0 unspecified atom stereocenters. The SMILES string of the molecule is Cc1cccc(-n2c(SCC(=O)NC(=O)c3cccn3C)nnc2-c2ccc(Cl)cc2)c1. The van der Waals surface area contributed by atoms with Crippen LogP contribution in [0.25, 0.3) is 17.1 Å². The number of benzene rings is 2. The molecule has 0 aliphatic rings. The van der Waals surface area contributed by atoms with E-state index >= 15 is 0 Å². The molecule has 2 aromatic carbocycles. The van der Waals surface area contributed by atoms with Gasteiger partial charge in [-0.25, -0.2) is 0 Å². The van der Waals surface area contributed by atoms with Crippen molar-refractivity contribution in [3.05, 3.63) is 83.1 Å². The molecule has 0 atom stereocenters. The topological polar surface area (TPSA) is 81.8 Å². The number of aromatic nitrogens is 4. The molecule has 2 aromatic heterocycles. The van der Waals surface area contributed by atoms with Crippen molar-refractivity contribution in [2.24, 2.45) is 7.05 Å². The highest BCUT2D eigenvalue weighted by Crippen LogP contribution is 2.29. The van der Waals surface area contributed by atoms with Crippen molar-refractivity contribution >= 4 is 35.2 Å². The molecule has 0 bridgehead atoms. The first-order valence-electron chi connectivity index (χ1n) is 9.79. The van der Waals surface area contributed by atoms with E-state index < -0.39 is 11.8 Å². The maximum atomic E-state index is 12.4. The number of hydrogen-bond donors (Lipinski definition) is 1. The van der Waals surface area contributed by atoms with E-state index in [4.69, 9.17) is 11.6 Å². The van der Waals surface area contributed by atoms with E-state index in [2.05, 4.69) is 15.5 Å². The van der Waals surface area contributed by atoms with Crippen LogP contribution >= 0.6 is 23.4 Å². The average Bonchev–Trinajstić information content (AvgIpc) is 3.39. The van der Waals surface area contributed by atoms with Crippen molar-refractivity contribution in [3.63, 3.8) is 0 Å². The Balaban J connectivity index is 1.58. The quantitative estimate of drug-likeness (QED) is 0.430. The number of imide groups is 1. The van der Waals surface area contributed by atoms with Crippen LogP contribution < -0.4 is 5.32 Å². The van der Waals surface area contributed by atoms with Crippen LogP contribution in [-0.2, 0) is 11.8 Å². The second-order valence-electron chi connectivity index (χ2n) is 7.16. The van der Waals surface area contributed by atoms with Crippen LogP contribution in [0.15, 0.2) is 72.0 Å². The number of hydrogen-bond acceptors (Lipinski definition) is 5. The van der Waals surface area contributed by atoms with Gasteiger partial charge < -0.3 is 4.57 Å². The Labute approximate surface area is 194 Å². The third-order valence-corrected chi connectivity index (χ3v) is 5.94. The minimum Gasteiger partial charge on any atom is -0.347 e. The molecule has 162 valence electrons. The number of thioether (sulfide) groups is 1. The number of aryl methyl sites for hydroxylation is 2. The summed E-state index contributed by atoms with van der Waals surface area (Å²) in [5.41, 5.74) is 3.22. The molecule has 9 heteroatoms. The van der Waals surface area contributed by atoms with Gasteiger partial charge in [0.2, 0.25) is 5.91 Å². The van der Waals surface area contributed by atoms with Gasteiger partial charge in [-0.2, -0.15) is 0 Å². The van der Waals surface area contributed by atoms with Gasteiger partial charge in [0.1, 0.15) is 5.69 Å². The molecule has 2 amide bonds. The number of carbonyl (C=O) groups is 2. The zero-order valence-electron chi connectivity index (χ0n) is 17.4.